The van der Waals surface area contributed by atoms with E-state index in [1.807, 2.05) is 0 Å². The minimum absolute atomic E-state index is 0.232. The summed E-state index contributed by atoms with van der Waals surface area (Å²) in [7, 11) is 0. The molecule has 3 heterocycles. The van der Waals surface area contributed by atoms with Gasteiger partial charge < -0.3 is 15.1 Å². The van der Waals surface area contributed by atoms with Gasteiger partial charge in [0.2, 0.25) is 5.43 Å². The molecule has 34 heavy (non-hydrogen) atoms. The topological polar surface area (TPSA) is 106 Å². The van der Waals surface area contributed by atoms with Gasteiger partial charge >= 0.3 is 0 Å². The second kappa shape index (κ2) is 9.28. The van der Waals surface area contributed by atoms with Crippen molar-refractivity contribution in [3.05, 3.63) is 97.6 Å². The first-order valence-electron chi connectivity index (χ1n) is 10.6. The standard InChI is InChI=1S/C24H19ClN4O4S/c25-14-6-8-15(9-7-14)29-11-10-18(30)21(28-29)23(32)27-24-20(17-4-1-5-19(17)34-24)22(31)26-13-16-3-2-12-33-16/h2-3,6-12H,1,4-5,13H2,(H,26,31)(H,27,32). The summed E-state index contributed by atoms with van der Waals surface area (Å²) in [6.07, 6.45) is 5.59. The molecular formula is C24H19ClN4O4S. The highest BCUT2D eigenvalue weighted by Crippen LogP contribution is 2.39. The van der Waals surface area contributed by atoms with Gasteiger partial charge in [0.15, 0.2) is 5.69 Å². The number of hydrogen-bond donors (Lipinski definition) is 2. The van der Waals surface area contributed by atoms with E-state index in [0.29, 0.717) is 27.0 Å². The maximum Gasteiger partial charge on any atom is 0.280 e. The Kier molecular flexibility index (Phi) is 6.04. The molecule has 0 atom stereocenters. The van der Waals surface area contributed by atoms with Crippen molar-refractivity contribution < 1.29 is 14.0 Å². The minimum Gasteiger partial charge on any atom is -0.467 e. The number of halogens is 1. The summed E-state index contributed by atoms with van der Waals surface area (Å²) in [4.78, 5) is 39.6. The number of carbonyl (C=O) groups excluding carboxylic acids is 2. The van der Waals surface area contributed by atoms with Gasteiger partial charge in [-0.15, -0.1) is 11.3 Å². The molecule has 0 aliphatic heterocycles. The van der Waals surface area contributed by atoms with Crippen LogP contribution < -0.4 is 16.1 Å². The lowest BCUT2D eigenvalue weighted by Crippen LogP contribution is -2.27. The van der Waals surface area contributed by atoms with Gasteiger partial charge in [0.05, 0.1) is 24.1 Å². The Morgan fingerprint density at radius 2 is 1.94 bits per heavy atom. The Hall–Kier alpha value is -3.69. The Morgan fingerprint density at radius 1 is 1.12 bits per heavy atom. The molecule has 0 radical (unpaired) electrons. The second-order valence-corrected chi connectivity index (χ2v) is 9.27. The molecule has 1 aromatic carbocycles. The summed E-state index contributed by atoms with van der Waals surface area (Å²) in [5.74, 6) is -0.346. The summed E-state index contributed by atoms with van der Waals surface area (Å²) in [5.41, 5.74) is 1.23. The molecule has 10 heteroatoms. The number of amides is 2. The Labute approximate surface area is 203 Å². The van der Waals surface area contributed by atoms with Crippen LogP contribution in [0.5, 0.6) is 0 Å². The number of anilines is 1. The first-order valence-corrected chi connectivity index (χ1v) is 11.8. The highest BCUT2D eigenvalue weighted by Gasteiger charge is 2.28. The molecule has 0 unspecified atom stereocenters. The van der Waals surface area contributed by atoms with Gasteiger partial charge in [-0.2, -0.15) is 5.10 Å². The van der Waals surface area contributed by atoms with Crippen LogP contribution in [0.15, 0.2) is 64.1 Å². The summed E-state index contributed by atoms with van der Waals surface area (Å²) in [6.45, 7) is 0.232. The maximum absolute atomic E-state index is 13.1. The third-order valence-corrected chi connectivity index (χ3v) is 6.95. The molecule has 0 bridgehead atoms. The number of nitrogens with zero attached hydrogens (tertiary/aromatic N) is 2. The van der Waals surface area contributed by atoms with E-state index in [4.69, 9.17) is 16.0 Å². The molecule has 4 aromatic rings. The van der Waals surface area contributed by atoms with Crippen LogP contribution in [-0.4, -0.2) is 21.6 Å². The molecule has 172 valence electrons. The Bertz CT molecular complexity index is 1420. The van der Waals surface area contributed by atoms with Crippen molar-refractivity contribution in [2.75, 3.05) is 5.32 Å². The van der Waals surface area contributed by atoms with Crippen molar-refractivity contribution in [1.29, 1.82) is 0 Å². The van der Waals surface area contributed by atoms with Crippen molar-refractivity contribution in [3.63, 3.8) is 0 Å². The van der Waals surface area contributed by atoms with Crippen LogP contribution >= 0.6 is 22.9 Å². The smallest absolute Gasteiger partial charge is 0.280 e. The number of hydrogen-bond acceptors (Lipinski definition) is 6. The first kappa shape index (κ1) is 22.1. The van der Waals surface area contributed by atoms with Crippen LogP contribution in [0.4, 0.5) is 5.00 Å². The third kappa shape index (κ3) is 4.40. The van der Waals surface area contributed by atoms with E-state index >= 15 is 0 Å². The molecule has 0 spiro atoms. The lowest BCUT2D eigenvalue weighted by atomic mass is 10.1. The molecular weight excluding hydrogens is 476 g/mol. The van der Waals surface area contributed by atoms with E-state index < -0.39 is 11.3 Å². The lowest BCUT2D eigenvalue weighted by molar-refractivity contribution is 0.0948. The van der Waals surface area contributed by atoms with Crippen molar-refractivity contribution >= 4 is 39.8 Å². The van der Waals surface area contributed by atoms with Gasteiger partial charge in [-0.3, -0.25) is 14.4 Å². The highest BCUT2D eigenvalue weighted by molar-refractivity contribution is 7.17. The Morgan fingerprint density at radius 3 is 2.71 bits per heavy atom. The Balaban J connectivity index is 1.42. The number of rotatable bonds is 6. The monoisotopic (exact) mass is 494 g/mol. The van der Waals surface area contributed by atoms with Crippen LogP contribution in [0.1, 0.15) is 43.5 Å². The van der Waals surface area contributed by atoms with E-state index in [9.17, 15) is 14.4 Å². The summed E-state index contributed by atoms with van der Waals surface area (Å²) >= 11 is 7.30. The quantitative estimate of drug-likeness (QED) is 0.417. The van der Waals surface area contributed by atoms with Crippen molar-refractivity contribution in [3.8, 4) is 5.69 Å². The van der Waals surface area contributed by atoms with Gasteiger partial charge in [-0.1, -0.05) is 11.6 Å². The van der Waals surface area contributed by atoms with Crippen LogP contribution in [0.25, 0.3) is 5.69 Å². The van der Waals surface area contributed by atoms with E-state index in [1.54, 1.807) is 42.7 Å². The normalized spacial score (nSPS) is 12.4. The minimum atomic E-state index is -0.673. The average Bonchev–Trinajstić information content (AvgIpc) is 3.56. The van der Waals surface area contributed by atoms with Crippen LogP contribution in [0, 0.1) is 0 Å². The number of thiophene rings is 1. The molecule has 0 saturated carbocycles. The first-order chi connectivity index (χ1) is 16.5. The fourth-order valence-corrected chi connectivity index (χ4v) is 5.27. The molecule has 8 nitrogen and oxygen atoms in total. The summed E-state index contributed by atoms with van der Waals surface area (Å²) < 4.78 is 6.71. The molecule has 2 N–H and O–H groups in total. The second-order valence-electron chi connectivity index (χ2n) is 7.73. The van der Waals surface area contributed by atoms with Crippen molar-refractivity contribution in [2.24, 2.45) is 0 Å². The highest BCUT2D eigenvalue weighted by atomic mass is 35.5. The van der Waals surface area contributed by atoms with Gasteiger partial charge in [-0.05, 0) is 61.2 Å². The average molecular weight is 495 g/mol. The third-order valence-electron chi connectivity index (χ3n) is 5.49. The molecule has 3 aromatic heterocycles. The van der Waals surface area contributed by atoms with Crippen molar-refractivity contribution in [2.45, 2.75) is 25.8 Å². The number of nitrogens with one attached hydrogen (secondary N) is 2. The number of carbonyl (C=O) groups is 2. The number of fused-ring (bicyclic) bond motifs is 1. The number of aryl methyl sites for hydroxylation is 1. The maximum atomic E-state index is 13.1. The van der Waals surface area contributed by atoms with Gasteiger partial charge in [0.25, 0.3) is 11.8 Å². The summed E-state index contributed by atoms with van der Waals surface area (Å²) in [5, 5.41) is 10.8. The van der Waals surface area contributed by atoms with Gasteiger partial charge in [0.1, 0.15) is 10.8 Å². The van der Waals surface area contributed by atoms with Crippen LogP contribution in [-0.2, 0) is 19.4 Å². The molecule has 0 saturated heterocycles. The molecule has 1 aliphatic rings. The van der Waals surface area contributed by atoms with Crippen LogP contribution in [0.3, 0.4) is 0 Å². The number of aromatic nitrogens is 2. The molecule has 2 amide bonds. The van der Waals surface area contributed by atoms with Crippen LogP contribution in [0.2, 0.25) is 5.02 Å². The fraction of sp³-hybridized carbons (Fsp3) is 0.167. The zero-order valence-corrected chi connectivity index (χ0v) is 19.4. The summed E-state index contributed by atoms with van der Waals surface area (Å²) in [6, 6.07) is 11.6. The SMILES string of the molecule is O=C(NCc1ccco1)c1c(NC(=O)c2nn(-c3ccc(Cl)cc3)ccc2=O)sc2c1CCC2. The van der Waals surface area contributed by atoms with E-state index in [1.165, 1.54) is 28.3 Å². The number of furan rings is 1. The van der Waals surface area contributed by atoms with E-state index in [0.717, 1.165) is 29.7 Å². The fourth-order valence-electron chi connectivity index (χ4n) is 3.87. The van der Waals surface area contributed by atoms with E-state index in [-0.39, 0.29) is 18.1 Å². The van der Waals surface area contributed by atoms with Gasteiger partial charge in [-0.25, -0.2) is 4.68 Å². The largest absolute Gasteiger partial charge is 0.467 e. The number of benzene rings is 1. The zero-order chi connectivity index (χ0) is 23.7. The zero-order valence-electron chi connectivity index (χ0n) is 17.8. The van der Waals surface area contributed by atoms with Gasteiger partial charge in [0, 0.05) is 22.2 Å². The molecule has 1 aliphatic carbocycles. The predicted molar refractivity (Wildman–Crippen MR) is 129 cm³/mol. The van der Waals surface area contributed by atoms with E-state index in [2.05, 4.69) is 15.7 Å². The molecule has 0 fully saturated rings. The lowest BCUT2D eigenvalue weighted by Gasteiger charge is -2.10. The predicted octanol–water partition coefficient (Wildman–Crippen LogP) is 4.21. The molecule has 5 rings (SSSR count). The van der Waals surface area contributed by atoms with Crippen molar-refractivity contribution in [1.82, 2.24) is 15.1 Å².